The van der Waals surface area contributed by atoms with Crippen molar-refractivity contribution in [1.29, 1.82) is 0 Å². The van der Waals surface area contributed by atoms with Gasteiger partial charge in [0.2, 0.25) is 0 Å². The molecule has 1 N–H and O–H groups in total. The quantitative estimate of drug-likeness (QED) is 0.677. The molecule has 1 aromatic carbocycles. The fraction of sp³-hybridized carbons (Fsp3) is 0.500. The van der Waals surface area contributed by atoms with Crippen LogP contribution in [0.3, 0.4) is 0 Å². The number of anilines is 1. The third-order valence-corrected chi connectivity index (χ3v) is 3.52. The number of amides is 1. The van der Waals surface area contributed by atoms with Gasteiger partial charge in [0, 0.05) is 31.3 Å². The number of nitro groups is 1. The smallest absolute Gasteiger partial charge is 0.293 e. The Balaban J connectivity index is 2.26. The van der Waals surface area contributed by atoms with Crippen molar-refractivity contribution in [1.82, 2.24) is 4.90 Å². The number of carbonyl (C=O) groups is 1. The van der Waals surface area contributed by atoms with Crippen molar-refractivity contribution in [2.75, 3.05) is 25.0 Å². The second kappa shape index (κ2) is 5.90. The summed E-state index contributed by atoms with van der Waals surface area (Å²) >= 11 is 0. The summed E-state index contributed by atoms with van der Waals surface area (Å²) in [5.41, 5.74) is 0.779. The monoisotopic (exact) mass is 277 g/mol. The van der Waals surface area contributed by atoms with Crippen molar-refractivity contribution in [2.45, 2.75) is 20.3 Å². The molecule has 0 saturated carbocycles. The van der Waals surface area contributed by atoms with Crippen LogP contribution in [0.4, 0.5) is 11.4 Å². The van der Waals surface area contributed by atoms with E-state index in [0.29, 0.717) is 23.7 Å². The highest BCUT2D eigenvalue weighted by atomic mass is 16.6. The maximum Gasteiger partial charge on any atom is 0.293 e. The molecule has 6 nitrogen and oxygen atoms in total. The molecule has 1 fully saturated rings. The second-order valence-corrected chi connectivity index (χ2v) is 5.16. The summed E-state index contributed by atoms with van der Waals surface area (Å²) < 4.78 is 0. The molecular formula is C14H19N3O3. The summed E-state index contributed by atoms with van der Waals surface area (Å²) in [6.45, 7) is 6.01. The third-order valence-electron chi connectivity index (χ3n) is 3.52. The molecule has 1 unspecified atom stereocenters. The minimum Gasteiger partial charge on any atom is -0.380 e. The summed E-state index contributed by atoms with van der Waals surface area (Å²) in [4.78, 5) is 24.7. The number of hydrogen-bond donors (Lipinski definition) is 1. The Morgan fingerprint density at radius 3 is 2.85 bits per heavy atom. The summed E-state index contributed by atoms with van der Waals surface area (Å²) in [7, 11) is 0. The van der Waals surface area contributed by atoms with Gasteiger partial charge in [-0.2, -0.15) is 0 Å². The first-order valence-corrected chi connectivity index (χ1v) is 6.84. The number of nitrogens with one attached hydrogen (secondary N) is 1. The summed E-state index contributed by atoms with van der Waals surface area (Å²) in [5.74, 6) is 0.371. The fourth-order valence-electron chi connectivity index (χ4n) is 2.46. The second-order valence-electron chi connectivity index (χ2n) is 5.16. The lowest BCUT2D eigenvalue weighted by atomic mass is 10.1. The van der Waals surface area contributed by atoms with Gasteiger partial charge in [-0.15, -0.1) is 0 Å². The molecule has 20 heavy (non-hydrogen) atoms. The standard InChI is InChI=1S/C14H19N3O3/c1-3-15-12-5-4-11(8-13(12)17(19)20)14(18)16-7-6-10(2)9-16/h4-5,8,10,15H,3,6-7,9H2,1-2H3. The average molecular weight is 277 g/mol. The molecule has 1 aliphatic rings. The predicted octanol–water partition coefficient (Wildman–Crippen LogP) is 2.51. The van der Waals surface area contributed by atoms with E-state index in [4.69, 9.17) is 0 Å². The van der Waals surface area contributed by atoms with Crippen molar-refractivity contribution in [3.63, 3.8) is 0 Å². The largest absolute Gasteiger partial charge is 0.380 e. The van der Waals surface area contributed by atoms with E-state index in [1.807, 2.05) is 6.92 Å². The lowest BCUT2D eigenvalue weighted by molar-refractivity contribution is -0.384. The Hall–Kier alpha value is -2.11. The number of nitro benzene ring substituents is 1. The van der Waals surface area contributed by atoms with Gasteiger partial charge < -0.3 is 10.2 Å². The van der Waals surface area contributed by atoms with E-state index in [9.17, 15) is 14.9 Å². The molecule has 1 saturated heterocycles. The summed E-state index contributed by atoms with van der Waals surface area (Å²) in [5, 5.41) is 14.0. The fourth-order valence-corrected chi connectivity index (χ4v) is 2.46. The number of nitrogens with zero attached hydrogens (tertiary/aromatic N) is 2. The Morgan fingerprint density at radius 2 is 2.30 bits per heavy atom. The van der Waals surface area contributed by atoms with Crippen LogP contribution < -0.4 is 5.32 Å². The highest BCUT2D eigenvalue weighted by molar-refractivity contribution is 5.96. The normalized spacial score (nSPS) is 18.1. The van der Waals surface area contributed by atoms with E-state index in [1.165, 1.54) is 6.07 Å². The molecule has 0 spiro atoms. The number of rotatable bonds is 4. The molecule has 0 aliphatic carbocycles. The Morgan fingerprint density at radius 1 is 1.55 bits per heavy atom. The van der Waals surface area contributed by atoms with Crippen LogP contribution in [-0.4, -0.2) is 35.4 Å². The van der Waals surface area contributed by atoms with Crippen molar-refractivity contribution in [2.24, 2.45) is 5.92 Å². The topological polar surface area (TPSA) is 75.5 Å². The molecule has 108 valence electrons. The van der Waals surface area contributed by atoms with Crippen LogP contribution in [0, 0.1) is 16.0 Å². The first-order chi connectivity index (χ1) is 9.52. The van der Waals surface area contributed by atoms with Crippen LogP contribution in [0.2, 0.25) is 0 Å². The lowest BCUT2D eigenvalue weighted by Crippen LogP contribution is -2.28. The summed E-state index contributed by atoms with van der Waals surface area (Å²) in [6, 6.07) is 4.62. The Labute approximate surface area is 117 Å². The molecule has 0 bridgehead atoms. The predicted molar refractivity (Wildman–Crippen MR) is 76.9 cm³/mol. The van der Waals surface area contributed by atoms with Gasteiger partial charge in [-0.05, 0) is 31.4 Å². The zero-order valence-corrected chi connectivity index (χ0v) is 11.8. The van der Waals surface area contributed by atoms with E-state index in [1.54, 1.807) is 17.0 Å². The van der Waals surface area contributed by atoms with Crippen molar-refractivity contribution >= 4 is 17.3 Å². The molecular weight excluding hydrogens is 258 g/mol. The third kappa shape index (κ3) is 2.89. The van der Waals surface area contributed by atoms with E-state index < -0.39 is 4.92 Å². The molecule has 1 aromatic rings. The van der Waals surface area contributed by atoms with E-state index >= 15 is 0 Å². The van der Waals surface area contributed by atoms with Gasteiger partial charge in [-0.25, -0.2) is 0 Å². The zero-order chi connectivity index (χ0) is 14.7. The Bertz CT molecular complexity index is 530. The number of likely N-dealkylation sites (tertiary alicyclic amines) is 1. The van der Waals surface area contributed by atoms with E-state index in [0.717, 1.165) is 19.5 Å². The number of carbonyl (C=O) groups excluding carboxylic acids is 1. The van der Waals surface area contributed by atoms with Crippen molar-refractivity contribution < 1.29 is 9.72 Å². The molecule has 1 heterocycles. The SMILES string of the molecule is CCNc1ccc(C(=O)N2CCC(C)C2)cc1[N+](=O)[O-]. The zero-order valence-electron chi connectivity index (χ0n) is 11.8. The highest BCUT2D eigenvalue weighted by Crippen LogP contribution is 2.27. The highest BCUT2D eigenvalue weighted by Gasteiger charge is 2.26. The summed E-state index contributed by atoms with van der Waals surface area (Å²) in [6.07, 6.45) is 0.989. The lowest BCUT2D eigenvalue weighted by Gasteiger charge is -2.16. The number of benzene rings is 1. The van der Waals surface area contributed by atoms with Gasteiger partial charge >= 0.3 is 0 Å². The van der Waals surface area contributed by atoms with Crippen LogP contribution >= 0.6 is 0 Å². The van der Waals surface area contributed by atoms with Gasteiger partial charge in [-0.1, -0.05) is 6.92 Å². The van der Waals surface area contributed by atoms with Crippen LogP contribution in [0.5, 0.6) is 0 Å². The maximum atomic E-state index is 12.3. The molecule has 2 rings (SSSR count). The van der Waals surface area contributed by atoms with Gasteiger partial charge in [0.1, 0.15) is 5.69 Å². The molecule has 6 heteroatoms. The molecule has 1 amide bonds. The average Bonchev–Trinajstić information content (AvgIpc) is 2.85. The minimum atomic E-state index is -0.457. The van der Waals surface area contributed by atoms with E-state index in [2.05, 4.69) is 12.2 Å². The van der Waals surface area contributed by atoms with Gasteiger partial charge in [0.25, 0.3) is 11.6 Å². The van der Waals surface area contributed by atoms with Crippen LogP contribution in [0.15, 0.2) is 18.2 Å². The van der Waals surface area contributed by atoms with E-state index in [-0.39, 0.29) is 11.6 Å². The van der Waals surface area contributed by atoms with Crippen molar-refractivity contribution in [3.05, 3.63) is 33.9 Å². The van der Waals surface area contributed by atoms with Gasteiger partial charge in [-0.3, -0.25) is 14.9 Å². The molecule has 0 radical (unpaired) electrons. The number of hydrogen-bond acceptors (Lipinski definition) is 4. The molecule has 0 aromatic heterocycles. The van der Waals surface area contributed by atoms with Crippen molar-refractivity contribution in [3.8, 4) is 0 Å². The first-order valence-electron chi connectivity index (χ1n) is 6.84. The maximum absolute atomic E-state index is 12.3. The van der Waals surface area contributed by atoms with Gasteiger partial charge in [0.05, 0.1) is 4.92 Å². The molecule has 1 atom stereocenters. The van der Waals surface area contributed by atoms with Crippen LogP contribution in [-0.2, 0) is 0 Å². The van der Waals surface area contributed by atoms with Crippen LogP contribution in [0.25, 0.3) is 0 Å². The van der Waals surface area contributed by atoms with Gasteiger partial charge in [0.15, 0.2) is 0 Å². The Kier molecular flexibility index (Phi) is 4.22. The molecule has 1 aliphatic heterocycles. The first kappa shape index (κ1) is 14.3. The minimum absolute atomic E-state index is 0.0510. The van der Waals surface area contributed by atoms with Crippen LogP contribution in [0.1, 0.15) is 30.6 Å².